The van der Waals surface area contributed by atoms with Gasteiger partial charge in [0.05, 0.1) is 6.10 Å². The number of benzene rings is 2. The van der Waals surface area contributed by atoms with E-state index in [4.69, 9.17) is 0 Å². The minimum atomic E-state index is -0.138. The van der Waals surface area contributed by atoms with Gasteiger partial charge >= 0.3 is 0 Å². The molecular formula is C25H29N3O2. The summed E-state index contributed by atoms with van der Waals surface area (Å²) in [6.45, 7) is 3.99. The molecule has 1 saturated heterocycles. The fourth-order valence-electron chi connectivity index (χ4n) is 3.91. The maximum Gasteiger partial charge on any atom is 0.268 e. The summed E-state index contributed by atoms with van der Waals surface area (Å²) in [5.41, 5.74) is 4.19. The van der Waals surface area contributed by atoms with Crippen LogP contribution >= 0.6 is 0 Å². The number of carbonyl (C=O) groups excluding carboxylic acids is 1. The third kappa shape index (κ3) is 5.38. The first-order chi connectivity index (χ1) is 14.7. The Labute approximate surface area is 178 Å². The van der Waals surface area contributed by atoms with E-state index in [-0.39, 0.29) is 12.0 Å². The molecule has 0 spiro atoms. The number of aliphatic hydroxyl groups excluding tert-OH is 1. The summed E-state index contributed by atoms with van der Waals surface area (Å²) in [6, 6.07) is 22.3. The maximum atomic E-state index is 12.7. The fraction of sp³-hybridized carbons (Fsp3) is 0.320. The first kappa shape index (κ1) is 20.4. The van der Waals surface area contributed by atoms with Gasteiger partial charge in [-0.2, -0.15) is 0 Å². The lowest BCUT2D eigenvalue weighted by atomic mass is 10.1. The predicted octanol–water partition coefficient (Wildman–Crippen LogP) is 3.42. The molecule has 5 heteroatoms. The molecule has 1 aromatic heterocycles. The normalized spacial score (nSPS) is 15.2. The molecule has 1 aliphatic heterocycles. The molecule has 156 valence electrons. The van der Waals surface area contributed by atoms with Gasteiger partial charge in [0.15, 0.2) is 0 Å². The summed E-state index contributed by atoms with van der Waals surface area (Å²) in [6.07, 6.45) is 3.52. The minimum Gasteiger partial charge on any atom is -0.393 e. The van der Waals surface area contributed by atoms with Gasteiger partial charge in [-0.25, -0.2) is 0 Å². The van der Waals surface area contributed by atoms with Crippen LogP contribution in [0.15, 0.2) is 72.9 Å². The molecule has 0 saturated carbocycles. The molecule has 0 aliphatic carbocycles. The van der Waals surface area contributed by atoms with Crippen LogP contribution in [0.4, 0.5) is 0 Å². The predicted molar refractivity (Wildman–Crippen MR) is 118 cm³/mol. The monoisotopic (exact) mass is 403 g/mol. The van der Waals surface area contributed by atoms with E-state index in [1.807, 2.05) is 41.1 Å². The van der Waals surface area contributed by atoms with E-state index >= 15 is 0 Å². The van der Waals surface area contributed by atoms with Crippen molar-refractivity contribution >= 4 is 5.91 Å². The van der Waals surface area contributed by atoms with Gasteiger partial charge in [0.2, 0.25) is 0 Å². The molecule has 5 nitrogen and oxygen atoms in total. The smallest absolute Gasteiger partial charge is 0.268 e. The van der Waals surface area contributed by atoms with Crippen molar-refractivity contribution in [1.29, 1.82) is 0 Å². The third-order valence-electron chi connectivity index (χ3n) is 5.70. The highest BCUT2D eigenvalue weighted by Gasteiger charge is 2.17. The van der Waals surface area contributed by atoms with Crippen molar-refractivity contribution in [3.63, 3.8) is 0 Å². The number of hydrogen-bond acceptors (Lipinski definition) is 3. The average Bonchev–Trinajstić information content (AvgIpc) is 3.23. The van der Waals surface area contributed by atoms with E-state index in [9.17, 15) is 9.90 Å². The second-order valence-corrected chi connectivity index (χ2v) is 8.01. The maximum absolute atomic E-state index is 12.7. The van der Waals surface area contributed by atoms with E-state index in [0.717, 1.165) is 38.0 Å². The van der Waals surface area contributed by atoms with Gasteiger partial charge in [-0.15, -0.1) is 0 Å². The molecule has 3 aromatic rings. The van der Waals surface area contributed by atoms with Crippen molar-refractivity contribution in [1.82, 2.24) is 14.8 Å². The lowest BCUT2D eigenvalue weighted by molar-refractivity contribution is 0.0792. The first-order valence-electron chi connectivity index (χ1n) is 10.6. The quantitative estimate of drug-likeness (QED) is 0.636. The van der Waals surface area contributed by atoms with E-state index in [0.29, 0.717) is 18.8 Å². The van der Waals surface area contributed by atoms with Crippen molar-refractivity contribution in [2.75, 3.05) is 13.1 Å². The van der Waals surface area contributed by atoms with E-state index in [1.165, 1.54) is 11.1 Å². The number of nitrogens with zero attached hydrogens (tertiary/aromatic N) is 2. The van der Waals surface area contributed by atoms with Crippen LogP contribution in [0.2, 0.25) is 0 Å². The Morgan fingerprint density at radius 1 is 0.867 bits per heavy atom. The third-order valence-corrected chi connectivity index (χ3v) is 5.70. The number of amides is 1. The van der Waals surface area contributed by atoms with Gasteiger partial charge in [0, 0.05) is 38.9 Å². The number of piperidine rings is 1. The Kier molecular flexibility index (Phi) is 6.62. The Hall–Kier alpha value is -2.89. The molecule has 0 radical (unpaired) electrons. The Bertz CT molecular complexity index is 942. The van der Waals surface area contributed by atoms with Crippen LogP contribution in [0.5, 0.6) is 0 Å². The van der Waals surface area contributed by atoms with Crippen molar-refractivity contribution in [3.05, 3.63) is 95.3 Å². The number of nitrogens with one attached hydrogen (secondary N) is 1. The molecule has 2 aromatic carbocycles. The zero-order chi connectivity index (χ0) is 20.8. The molecule has 1 fully saturated rings. The summed E-state index contributed by atoms with van der Waals surface area (Å²) < 4.78 is 1.98. The Balaban J connectivity index is 1.30. The summed E-state index contributed by atoms with van der Waals surface area (Å²) in [5.74, 6) is -0.0631. The highest BCUT2D eigenvalue weighted by Crippen LogP contribution is 2.14. The SMILES string of the molecule is O=C(NCc1ccc(CN2CCC(O)CC2)cc1)c1cccn1Cc1ccccc1. The van der Waals surface area contributed by atoms with Crippen LogP contribution in [0.3, 0.4) is 0 Å². The number of hydrogen-bond donors (Lipinski definition) is 2. The topological polar surface area (TPSA) is 57.5 Å². The van der Waals surface area contributed by atoms with Crippen LogP contribution in [0.1, 0.15) is 40.0 Å². The fourth-order valence-corrected chi connectivity index (χ4v) is 3.91. The number of likely N-dealkylation sites (tertiary alicyclic amines) is 1. The minimum absolute atomic E-state index is 0.0631. The van der Waals surface area contributed by atoms with E-state index < -0.39 is 0 Å². The highest BCUT2D eigenvalue weighted by molar-refractivity contribution is 5.92. The second kappa shape index (κ2) is 9.74. The standard InChI is InChI=1S/C25H29N3O2/c29-23-12-15-27(16-13-23)18-22-10-8-20(9-11-22)17-26-25(30)24-7-4-14-28(24)19-21-5-2-1-3-6-21/h1-11,14,23,29H,12-13,15-19H2,(H,26,30). The lowest BCUT2D eigenvalue weighted by Gasteiger charge is -2.29. The molecular weight excluding hydrogens is 374 g/mol. The van der Waals surface area contributed by atoms with Crippen molar-refractivity contribution in [2.45, 2.75) is 38.6 Å². The van der Waals surface area contributed by atoms with Crippen molar-refractivity contribution in [2.24, 2.45) is 0 Å². The average molecular weight is 404 g/mol. The van der Waals surface area contributed by atoms with Gasteiger partial charge in [0.25, 0.3) is 5.91 Å². The molecule has 4 rings (SSSR count). The molecule has 0 atom stereocenters. The molecule has 30 heavy (non-hydrogen) atoms. The summed E-state index contributed by atoms with van der Waals surface area (Å²) in [5, 5.41) is 12.7. The summed E-state index contributed by atoms with van der Waals surface area (Å²) in [4.78, 5) is 15.1. The van der Waals surface area contributed by atoms with Crippen LogP contribution in [-0.2, 0) is 19.6 Å². The summed E-state index contributed by atoms with van der Waals surface area (Å²) in [7, 11) is 0. The van der Waals surface area contributed by atoms with Crippen LogP contribution < -0.4 is 5.32 Å². The molecule has 0 unspecified atom stereocenters. The van der Waals surface area contributed by atoms with Crippen LogP contribution in [0.25, 0.3) is 0 Å². The number of rotatable bonds is 7. The molecule has 0 bridgehead atoms. The van der Waals surface area contributed by atoms with Crippen molar-refractivity contribution < 1.29 is 9.90 Å². The van der Waals surface area contributed by atoms with Gasteiger partial charge < -0.3 is 15.0 Å². The van der Waals surface area contributed by atoms with Gasteiger partial charge in [-0.05, 0) is 41.7 Å². The van der Waals surface area contributed by atoms with Crippen LogP contribution in [0, 0.1) is 0 Å². The molecule has 2 N–H and O–H groups in total. The van der Waals surface area contributed by atoms with E-state index in [1.54, 1.807) is 0 Å². The molecule has 1 aliphatic rings. The Morgan fingerprint density at radius 2 is 1.53 bits per heavy atom. The molecule has 1 amide bonds. The first-order valence-corrected chi connectivity index (χ1v) is 10.6. The summed E-state index contributed by atoms with van der Waals surface area (Å²) >= 11 is 0. The lowest BCUT2D eigenvalue weighted by Crippen LogP contribution is -2.35. The van der Waals surface area contributed by atoms with Crippen LogP contribution in [-0.4, -0.2) is 39.7 Å². The second-order valence-electron chi connectivity index (χ2n) is 8.01. The van der Waals surface area contributed by atoms with Gasteiger partial charge in [-0.3, -0.25) is 9.69 Å². The zero-order valence-electron chi connectivity index (χ0n) is 17.2. The number of carbonyl (C=O) groups is 1. The molecule has 2 heterocycles. The van der Waals surface area contributed by atoms with Crippen molar-refractivity contribution in [3.8, 4) is 0 Å². The largest absolute Gasteiger partial charge is 0.393 e. The zero-order valence-corrected chi connectivity index (χ0v) is 17.2. The van der Waals surface area contributed by atoms with Gasteiger partial charge in [0.1, 0.15) is 5.69 Å². The number of aliphatic hydroxyl groups is 1. The number of aromatic nitrogens is 1. The Morgan fingerprint density at radius 3 is 2.27 bits per heavy atom. The van der Waals surface area contributed by atoms with E-state index in [2.05, 4.69) is 46.6 Å². The van der Waals surface area contributed by atoms with Gasteiger partial charge in [-0.1, -0.05) is 54.6 Å². The highest BCUT2D eigenvalue weighted by atomic mass is 16.3.